The Morgan fingerprint density at radius 3 is 2.29 bits per heavy atom. The Hall–Kier alpha value is -3.13. The standard InChI is InChI=1S/C20H18N2O5S/c1-20(18(23)25-2,19(24)28-3)27-14-10-8-13(9-11-14)26-17-12-21-15-6-4-5-7-16(15)22-17/h4-12H,1-3H3. The Morgan fingerprint density at radius 1 is 1.00 bits per heavy atom. The minimum absolute atomic E-state index is 0.326. The van der Waals surface area contributed by atoms with Crippen LogP contribution in [0.15, 0.2) is 54.7 Å². The topological polar surface area (TPSA) is 87.6 Å². The maximum atomic E-state index is 12.2. The van der Waals surface area contributed by atoms with Gasteiger partial charge in [0, 0.05) is 0 Å². The summed E-state index contributed by atoms with van der Waals surface area (Å²) in [5.74, 6) is 0.420. The van der Waals surface area contributed by atoms with Crippen LogP contribution in [-0.4, -0.2) is 40.0 Å². The van der Waals surface area contributed by atoms with Crippen molar-refractivity contribution in [3.63, 3.8) is 0 Å². The summed E-state index contributed by atoms with van der Waals surface area (Å²) < 4.78 is 16.1. The number of carbonyl (C=O) groups is 2. The van der Waals surface area contributed by atoms with E-state index in [9.17, 15) is 9.59 Å². The third kappa shape index (κ3) is 4.07. The first kappa shape index (κ1) is 19.6. The zero-order valence-corrected chi connectivity index (χ0v) is 16.4. The van der Waals surface area contributed by atoms with Gasteiger partial charge in [-0.05, 0) is 49.6 Å². The molecular formula is C20H18N2O5S. The van der Waals surface area contributed by atoms with Crippen LogP contribution in [0.25, 0.3) is 11.0 Å². The van der Waals surface area contributed by atoms with E-state index in [4.69, 9.17) is 14.2 Å². The molecule has 28 heavy (non-hydrogen) atoms. The minimum atomic E-state index is -1.74. The maximum absolute atomic E-state index is 12.2. The molecule has 1 aromatic heterocycles. The number of para-hydroxylation sites is 2. The van der Waals surface area contributed by atoms with Crippen molar-refractivity contribution in [2.45, 2.75) is 12.5 Å². The van der Waals surface area contributed by atoms with E-state index in [1.54, 1.807) is 30.5 Å². The summed E-state index contributed by atoms with van der Waals surface area (Å²) in [5.41, 5.74) is -0.232. The third-order valence-corrected chi connectivity index (χ3v) is 4.70. The number of ether oxygens (including phenoxy) is 3. The van der Waals surface area contributed by atoms with Crippen LogP contribution in [0.5, 0.6) is 17.4 Å². The molecule has 0 N–H and O–H groups in total. The first-order chi connectivity index (χ1) is 13.5. The molecule has 7 nitrogen and oxygen atoms in total. The number of carbonyl (C=O) groups excluding carboxylic acids is 2. The van der Waals surface area contributed by atoms with Crippen LogP contribution in [0.1, 0.15) is 6.92 Å². The molecule has 0 saturated heterocycles. The summed E-state index contributed by atoms with van der Waals surface area (Å²) >= 11 is 0.896. The molecule has 0 fully saturated rings. The number of methoxy groups -OCH3 is 1. The van der Waals surface area contributed by atoms with E-state index in [0.717, 1.165) is 22.8 Å². The first-order valence-corrected chi connectivity index (χ1v) is 9.54. The van der Waals surface area contributed by atoms with Gasteiger partial charge in [0.05, 0.1) is 24.3 Å². The zero-order chi connectivity index (χ0) is 20.1. The van der Waals surface area contributed by atoms with Gasteiger partial charge in [-0.1, -0.05) is 23.9 Å². The highest BCUT2D eigenvalue weighted by Crippen LogP contribution is 2.28. The Balaban J connectivity index is 1.76. The lowest BCUT2D eigenvalue weighted by molar-refractivity contribution is -0.160. The van der Waals surface area contributed by atoms with Crippen molar-refractivity contribution in [1.82, 2.24) is 9.97 Å². The molecule has 144 valence electrons. The average molecular weight is 398 g/mol. The second-order valence-electron chi connectivity index (χ2n) is 5.89. The van der Waals surface area contributed by atoms with Crippen molar-refractivity contribution < 1.29 is 23.8 Å². The lowest BCUT2D eigenvalue weighted by Crippen LogP contribution is -2.48. The van der Waals surface area contributed by atoms with Gasteiger partial charge in [-0.3, -0.25) is 4.79 Å². The molecule has 3 rings (SSSR count). The molecule has 1 heterocycles. The molecule has 1 atom stereocenters. The predicted octanol–water partition coefficient (Wildman–Crippen LogP) is 3.62. The highest BCUT2D eigenvalue weighted by atomic mass is 32.2. The van der Waals surface area contributed by atoms with Crippen molar-refractivity contribution in [1.29, 1.82) is 0 Å². The van der Waals surface area contributed by atoms with E-state index in [1.165, 1.54) is 20.2 Å². The number of benzene rings is 2. The SMILES string of the molecule is COC(=O)C(C)(Oc1ccc(Oc2cnc3ccccc3n2)cc1)C(=O)SC. The van der Waals surface area contributed by atoms with Crippen molar-refractivity contribution in [2.75, 3.05) is 13.4 Å². The van der Waals surface area contributed by atoms with Crippen molar-refractivity contribution in [3.8, 4) is 17.4 Å². The third-order valence-electron chi connectivity index (χ3n) is 3.94. The molecule has 0 saturated carbocycles. The number of thioether (sulfide) groups is 1. The lowest BCUT2D eigenvalue weighted by atomic mass is 10.1. The van der Waals surface area contributed by atoms with Crippen molar-refractivity contribution >= 4 is 33.9 Å². The predicted molar refractivity (Wildman–Crippen MR) is 106 cm³/mol. The largest absolute Gasteiger partial charge is 0.467 e. The van der Waals surface area contributed by atoms with Gasteiger partial charge in [0.25, 0.3) is 5.60 Å². The van der Waals surface area contributed by atoms with Gasteiger partial charge in [-0.25, -0.2) is 14.8 Å². The van der Waals surface area contributed by atoms with Crippen LogP contribution in [0.2, 0.25) is 0 Å². The van der Waals surface area contributed by atoms with Crippen LogP contribution < -0.4 is 9.47 Å². The van der Waals surface area contributed by atoms with Crippen LogP contribution in [0.4, 0.5) is 0 Å². The second kappa shape index (κ2) is 8.26. The van der Waals surface area contributed by atoms with Gasteiger partial charge in [-0.2, -0.15) is 0 Å². The van der Waals surface area contributed by atoms with E-state index in [1.807, 2.05) is 24.3 Å². The van der Waals surface area contributed by atoms with Gasteiger partial charge < -0.3 is 14.2 Å². The Labute approximate surface area is 166 Å². The smallest absolute Gasteiger partial charge is 0.358 e. The van der Waals surface area contributed by atoms with E-state index in [2.05, 4.69) is 9.97 Å². The summed E-state index contributed by atoms with van der Waals surface area (Å²) in [6.07, 6.45) is 3.12. The molecule has 0 spiro atoms. The number of esters is 1. The molecule has 0 aliphatic rings. The Bertz CT molecular complexity index is 991. The molecule has 0 amide bonds. The molecule has 0 aliphatic carbocycles. The monoisotopic (exact) mass is 398 g/mol. The van der Waals surface area contributed by atoms with E-state index in [-0.39, 0.29) is 0 Å². The van der Waals surface area contributed by atoms with Gasteiger partial charge in [-0.15, -0.1) is 0 Å². The molecule has 1 unspecified atom stereocenters. The fraction of sp³-hybridized carbons (Fsp3) is 0.200. The number of nitrogens with zero attached hydrogens (tertiary/aromatic N) is 2. The van der Waals surface area contributed by atoms with Crippen LogP contribution >= 0.6 is 11.8 Å². The van der Waals surface area contributed by atoms with Gasteiger partial charge >= 0.3 is 5.97 Å². The summed E-state index contributed by atoms with van der Waals surface area (Å²) in [6.45, 7) is 1.38. The average Bonchev–Trinajstić information content (AvgIpc) is 2.73. The summed E-state index contributed by atoms with van der Waals surface area (Å²) in [5, 5.41) is -0.453. The quantitative estimate of drug-likeness (QED) is 0.460. The Morgan fingerprint density at radius 2 is 1.64 bits per heavy atom. The maximum Gasteiger partial charge on any atom is 0.358 e. The van der Waals surface area contributed by atoms with Crippen LogP contribution in [0.3, 0.4) is 0 Å². The van der Waals surface area contributed by atoms with Crippen molar-refractivity contribution in [2.24, 2.45) is 0 Å². The van der Waals surface area contributed by atoms with E-state index in [0.29, 0.717) is 17.4 Å². The molecule has 2 aromatic carbocycles. The number of hydrogen-bond donors (Lipinski definition) is 0. The minimum Gasteiger partial charge on any atom is -0.467 e. The van der Waals surface area contributed by atoms with Gasteiger partial charge in [0.15, 0.2) is 0 Å². The zero-order valence-electron chi connectivity index (χ0n) is 15.5. The molecule has 0 bridgehead atoms. The fourth-order valence-electron chi connectivity index (χ4n) is 2.48. The fourth-order valence-corrected chi connectivity index (χ4v) is 2.99. The highest BCUT2D eigenvalue weighted by Gasteiger charge is 2.44. The number of aromatic nitrogens is 2. The molecular weight excluding hydrogens is 380 g/mol. The van der Waals surface area contributed by atoms with E-state index >= 15 is 0 Å². The first-order valence-electron chi connectivity index (χ1n) is 8.32. The summed E-state index contributed by atoms with van der Waals surface area (Å²) in [6, 6.07) is 14.0. The summed E-state index contributed by atoms with van der Waals surface area (Å²) in [7, 11) is 1.21. The highest BCUT2D eigenvalue weighted by molar-refractivity contribution is 8.13. The van der Waals surface area contributed by atoms with Crippen LogP contribution in [0, 0.1) is 0 Å². The molecule has 0 radical (unpaired) electrons. The lowest BCUT2D eigenvalue weighted by Gasteiger charge is -2.25. The molecule has 8 heteroatoms. The summed E-state index contributed by atoms with van der Waals surface area (Å²) in [4.78, 5) is 32.9. The van der Waals surface area contributed by atoms with E-state index < -0.39 is 16.7 Å². The van der Waals surface area contributed by atoms with Crippen LogP contribution in [-0.2, 0) is 14.3 Å². The number of hydrogen-bond acceptors (Lipinski definition) is 8. The molecule has 0 aliphatic heterocycles. The second-order valence-corrected chi connectivity index (χ2v) is 6.67. The normalized spacial score (nSPS) is 12.8. The van der Waals surface area contributed by atoms with Gasteiger partial charge in [0.1, 0.15) is 11.5 Å². The Kier molecular flexibility index (Phi) is 5.79. The number of rotatable bonds is 6. The number of fused-ring (bicyclic) bond motifs is 1. The van der Waals surface area contributed by atoms with Crippen molar-refractivity contribution in [3.05, 3.63) is 54.7 Å². The molecule has 3 aromatic rings. The van der Waals surface area contributed by atoms with Gasteiger partial charge in [0.2, 0.25) is 11.0 Å².